The molecule has 0 aromatic heterocycles. The van der Waals surface area contributed by atoms with E-state index in [1.807, 2.05) is 6.92 Å². The van der Waals surface area contributed by atoms with Crippen LogP contribution in [0.3, 0.4) is 0 Å². The predicted octanol–water partition coefficient (Wildman–Crippen LogP) is 2.68. The number of rotatable bonds is 3. The average molecular weight is 311 g/mol. The van der Waals surface area contributed by atoms with Crippen molar-refractivity contribution in [3.05, 3.63) is 27.7 Å². The van der Waals surface area contributed by atoms with Gasteiger partial charge in [-0.15, -0.1) is 12.4 Å². The number of nitrogens with two attached hydrogens (primary N) is 1. The van der Waals surface area contributed by atoms with E-state index < -0.39 is 12.0 Å². The second-order valence-electron chi connectivity index (χ2n) is 3.18. The first-order valence-corrected chi connectivity index (χ1v) is 5.28. The molecule has 4 N–H and O–H groups in total. The van der Waals surface area contributed by atoms with E-state index >= 15 is 0 Å². The summed E-state index contributed by atoms with van der Waals surface area (Å²) in [4.78, 5) is 10.9. The first kappa shape index (κ1) is 15.2. The van der Waals surface area contributed by atoms with Crippen molar-refractivity contribution < 1.29 is 15.0 Å². The Balaban J connectivity index is 0.00000225. The van der Waals surface area contributed by atoms with E-state index in [-0.39, 0.29) is 29.3 Å². The highest BCUT2D eigenvalue weighted by Crippen LogP contribution is 2.34. The summed E-state index contributed by atoms with van der Waals surface area (Å²) in [6.45, 7) is 1.83. The summed E-state index contributed by atoms with van der Waals surface area (Å²) in [5.74, 6) is -1.18. The number of carboxylic acid groups (broad SMARTS) is 1. The Labute approximate surface area is 108 Å². The molecule has 0 fully saturated rings. The van der Waals surface area contributed by atoms with Crippen LogP contribution in [0, 0.1) is 0 Å². The lowest BCUT2D eigenvalue weighted by Gasteiger charge is -2.15. The van der Waals surface area contributed by atoms with E-state index in [9.17, 15) is 9.90 Å². The van der Waals surface area contributed by atoms with Crippen LogP contribution in [0.1, 0.15) is 35.3 Å². The van der Waals surface area contributed by atoms with E-state index in [1.54, 1.807) is 0 Å². The van der Waals surface area contributed by atoms with Crippen LogP contribution in [0.25, 0.3) is 0 Å². The molecule has 90 valence electrons. The number of halogens is 2. The summed E-state index contributed by atoms with van der Waals surface area (Å²) in [6.07, 6.45) is 0.560. The molecular weight excluding hydrogens is 297 g/mol. The maximum atomic E-state index is 10.9. The zero-order valence-electron chi connectivity index (χ0n) is 8.61. The lowest BCUT2D eigenvalue weighted by Crippen LogP contribution is -2.14. The monoisotopic (exact) mass is 309 g/mol. The molecule has 0 saturated heterocycles. The van der Waals surface area contributed by atoms with E-state index in [1.165, 1.54) is 12.1 Å². The summed E-state index contributed by atoms with van der Waals surface area (Å²) in [6, 6.07) is 2.44. The quantitative estimate of drug-likeness (QED) is 0.801. The number of phenols is 1. The number of aromatic hydroxyl groups is 1. The van der Waals surface area contributed by atoms with Crippen LogP contribution in [0.15, 0.2) is 16.6 Å². The van der Waals surface area contributed by atoms with Crippen LogP contribution >= 0.6 is 28.3 Å². The fraction of sp³-hybridized carbons (Fsp3) is 0.300. The molecule has 1 aromatic rings. The van der Waals surface area contributed by atoms with Gasteiger partial charge >= 0.3 is 5.97 Å². The van der Waals surface area contributed by atoms with Crippen molar-refractivity contribution in [3.63, 3.8) is 0 Å². The highest BCUT2D eigenvalue weighted by molar-refractivity contribution is 9.10. The fourth-order valence-electron chi connectivity index (χ4n) is 1.35. The molecule has 1 atom stereocenters. The van der Waals surface area contributed by atoms with Crippen molar-refractivity contribution in [2.45, 2.75) is 19.4 Å². The third kappa shape index (κ3) is 2.87. The van der Waals surface area contributed by atoms with Gasteiger partial charge in [0, 0.05) is 11.6 Å². The van der Waals surface area contributed by atoms with Crippen LogP contribution in [0.5, 0.6) is 5.75 Å². The SMILES string of the molecule is CC[C@@H](N)c1c(C(=O)O)ccc(Br)c1O.Cl. The van der Waals surface area contributed by atoms with Crippen LogP contribution in [0.2, 0.25) is 0 Å². The second-order valence-corrected chi connectivity index (χ2v) is 4.03. The highest BCUT2D eigenvalue weighted by Gasteiger charge is 2.20. The van der Waals surface area contributed by atoms with Gasteiger partial charge < -0.3 is 15.9 Å². The van der Waals surface area contributed by atoms with E-state index in [4.69, 9.17) is 10.8 Å². The minimum atomic E-state index is -1.09. The molecule has 0 bridgehead atoms. The molecule has 0 amide bonds. The second kappa shape index (κ2) is 6.08. The maximum absolute atomic E-state index is 10.9. The molecule has 16 heavy (non-hydrogen) atoms. The Morgan fingerprint density at radius 1 is 1.56 bits per heavy atom. The molecule has 1 aromatic carbocycles. The largest absolute Gasteiger partial charge is 0.506 e. The predicted molar refractivity (Wildman–Crippen MR) is 67.2 cm³/mol. The number of hydrogen-bond donors (Lipinski definition) is 3. The number of aromatic carboxylic acids is 1. The van der Waals surface area contributed by atoms with Crippen molar-refractivity contribution in [3.8, 4) is 5.75 Å². The normalized spacial score (nSPS) is 11.7. The summed E-state index contributed by atoms with van der Waals surface area (Å²) in [5, 5.41) is 18.7. The standard InChI is InChI=1S/C10H12BrNO3.ClH/c1-2-7(12)8-5(10(14)15)3-4-6(11)9(8)13;/h3-4,7,13H,2,12H2,1H3,(H,14,15);1H/t7-;/m1./s1. The van der Waals surface area contributed by atoms with Crippen molar-refractivity contribution in [1.29, 1.82) is 0 Å². The Morgan fingerprint density at radius 2 is 2.12 bits per heavy atom. The molecule has 0 spiro atoms. The lowest BCUT2D eigenvalue weighted by molar-refractivity contribution is 0.0694. The zero-order valence-corrected chi connectivity index (χ0v) is 11.0. The van der Waals surface area contributed by atoms with Crippen LogP contribution in [-0.4, -0.2) is 16.2 Å². The van der Waals surface area contributed by atoms with Crippen molar-refractivity contribution >= 4 is 34.3 Å². The zero-order chi connectivity index (χ0) is 11.6. The van der Waals surface area contributed by atoms with Crippen LogP contribution in [-0.2, 0) is 0 Å². The Bertz CT molecular complexity index is 398. The molecule has 6 heteroatoms. The molecule has 0 radical (unpaired) electrons. The molecular formula is C10H13BrClNO3. The molecule has 0 heterocycles. The molecule has 0 aliphatic heterocycles. The number of benzene rings is 1. The Kier molecular flexibility index (Phi) is 5.78. The molecule has 1 rings (SSSR count). The van der Waals surface area contributed by atoms with Gasteiger partial charge in [-0.3, -0.25) is 0 Å². The number of hydrogen-bond acceptors (Lipinski definition) is 3. The van der Waals surface area contributed by atoms with E-state index in [2.05, 4.69) is 15.9 Å². The lowest BCUT2D eigenvalue weighted by atomic mass is 9.98. The Morgan fingerprint density at radius 3 is 2.56 bits per heavy atom. The summed E-state index contributed by atoms with van der Waals surface area (Å²) < 4.78 is 0.450. The van der Waals surface area contributed by atoms with Gasteiger partial charge in [0.05, 0.1) is 10.0 Å². The van der Waals surface area contributed by atoms with Gasteiger partial charge in [0.1, 0.15) is 5.75 Å². The van der Waals surface area contributed by atoms with Gasteiger partial charge in [0.15, 0.2) is 0 Å². The van der Waals surface area contributed by atoms with E-state index in [0.29, 0.717) is 10.9 Å². The fourth-order valence-corrected chi connectivity index (χ4v) is 1.69. The minimum absolute atomic E-state index is 0. The highest BCUT2D eigenvalue weighted by atomic mass is 79.9. The topological polar surface area (TPSA) is 83.6 Å². The third-order valence-corrected chi connectivity index (χ3v) is 2.85. The molecule has 0 aliphatic carbocycles. The van der Waals surface area contributed by atoms with Gasteiger partial charge in [-0.05, 0) is 34.5 Å². The maximum Gasteiger partial charge on any atom is 0.336 e. The van der Waals surface area contributed by atoms with Crippen LogP contribution < -0.4 is 5.73 Å². The van der Waals surface area contributed by atoms with Gasteiger partial charge in [0.25, 0.3) is 0 Å². The summed E-state index contributed by atoms with van der Waals surface area (Å²) in [5.41, 5.74) is 6.08. The number of carboxylic acids is 1. The first-order chi connectivity index (χ1) is 6.99. The molecule has 0 unspecified atom stereocenters. The van der Waals surface area contributed by atoms with Gasteiger partial charge in [0.2, 0.25) is 0 Å². The first-order valence-electron chi connectivity index (χ1n) is 4.49. The molecule has 0 saturated carbocycles. The van der Waals surface area contributed by atoms with Gasteiger partial charge in [-0.1, -0.05) is 6.92 Å². The molecule has 4 nitrogen and oxygen atoms in total. The minimum Gasteiger partial charge on any atom is -0.506 e. The van der Waals surface area contributed by atoms with Crippen molar-refractivity contribution in [1.82, 2.24) is 0 Å². The summed E-state index contributed by atoms with van der Waals surface area (Å²) >= 11 is 3.13. The van der Waals surface area contributed by atoms with E-state index in [0.717, 1.165) is 0 Å². The molecule has 0 aliphatic rings. The summed E-state index contributed by atoms with van der Waals surface area (Å²) in [7, 11) is 0. The number of carbonyl (C=O) groups is 1. The van der Waals surface area contributed by atoms with Crippen molar-refractivity contribution in [2.75, 3.05) is 0 Å². The van der Waals surface area contributed by atoms with Crippen LogP contribution in [0.4, 0.5) is 0 Å². The van der Waals surface area contributed by atoms with Crippen molar-refractivity contribution in [2.24, 2.45) is 5.73 Å². The third-order valence-electron chi connectivity index (χ3n) is 2.21. The smallest absolute Gasteiger partial charge is 0.336 e. The Hall–Kier alpha value is -0.780. The number of phenolic OH excluding ortho intramolecular Hbond substituents is 1. The van der Waals surface area contributed by atoms with Gasteiger partial charge in [-0.25, -0.2) is 4.79 Å². The average Bonchev–Trinajstić information content (AvgIpc) is 2.20. The van der Waals surface area contributed by atoms with Gasteiger partial charge in [-0.2, -0.15) is 0 Å².